The van der Waals surface area contributed by atoms with Crippen molar-refractivity contribution in [2.24, 2.45) is 0 Å². The highest BCUT2D eigenvalue weighted by Gasteiger charge is 2.16. The van der Waals surface area contributed by atoms with Gasteiger partial charge in [-0.3, -0.25) is 10.1 Å². The highest BCUT2D eigenvalue weighted by molar-refractivity contribution is 5.69. The molecule has 0 radical (unpaired) electrons. The van der Waals surface area contributed by atoms with Crippen molar-refractivity contribution in [2.75, 3.05) is 25.5 Å². The molecule has 5 N–H and O–H groups in total. The molecule has 1 aliphatic rings. The van der Waals surface area contributed by atoms with Gasteiger partial charge in [0.1, 0.15) is 11.9 Å². The van der Waals surface area contributed by atoms with Crippen molar-refractivity contribution in [3.05, 3.63) is 36.3 Å². The standard InChI is InChI=1S/C19H23N7O2.H2O/c1-12-5-6-14(19(22-12)27-2)15-8-16(26-25-15)23-17-10-21-11-18(24-17)28-13-4-3-7-20-9-13;/h5-6,8,10-11,13,20H,3-4,7,9H2,1-2H3,(H2,23,24,25,26);1H2/t13-;/m1./s1. The van der Waals surface area contributed by atoms with Crippen molar-refractivity contribution in [2.45, 2.75) is 25.9 Å². The fourth-order valence-electron chi connectivity index (χ4n) is 3.10. The van der Waals surface area contributed by atoms with Crippen LogP contribution >= 0.6 is 0 Å². The summed E-state index contributed by atoms with van der Waals surface area (Å²) in [5.41, 5.74) is 2.42. The van der Waals surface area contributed by atoms with Crippen LogP contribution in [-0.4, -0.2) is 56.9 Å². The molecular weight excluding hydrogens is 374 g/mol. The lowest BCUT2D eigenvalue weighted by atomic mass is 10.1. The summed E-state index contributed by atoms with van der Waals surface area (Å²) in [6, 6.07) is 5.73. The van der Waals surface area contributed by atoms with Crippen LogP contribution < -0.4 is 20.1 Å². The van der Waals surface area contributed by atoms with Crippen molar-refractivity contribution in [1.29, 1.82) is 0 Å². The molecule has 0 aliphatic carbocycles. The minimum atomic E-state index is 0. The monoisotopic (exact) mass is 399 g/mol. The van der Waals surface area contributed by atoms with Gasteiger partial charge in [0, 0.05) is 18.3 Å². The predicted molar refractivity (Wildman–Crippen MR) is 109 cm³/mol. The molecule has 3 aromatic rings. The van der Waals surface area contributed by atoms with Crippen molar-refractivity contribution in [3.8, 4) is 23.0 Å². The molecule has 154 valence electrons. The number of hydrogen-bond acceptors (Lipinski definition) is 8. The number of aryl methyl sites for hydroxylation is 1. The lowest BCUT2D eigenvalue weighted by molar-refractivity contribution is 0.160. The fourth-order valence-corrected chi connectivity index (χ4v) is 3.10. The second kappa shape index (κ2) is 9.30. The topological polar surface area (TPSA) is 141 Å². The van der Waals surface area contributed by atoms with Crippen LogP contribution in [0.5, 0.6) is 11.8 Å². The fraction of sp³-hybridized carbons (Fsp3) is 0.368. The molecule has 10 heteroatoms. The van der Waals surface area contributed by atoms with Crippen LogP contribution in [0, 0.1) is 6.92 Å². The average molecular weight is 399 g/mol. The van der Waals surface area contributed by atoms with Crippen LogP contribution in [-0.2, 0) is 0 Å². The van der Waals surface area contributed by atoms with Crippen molar-refractivity contribution < 1.29 is 14.9 Å². The zero-order valence-corrected chi connectivity index (χ0v) is 16.4. The van der Waals surface area contributed by atoms with Gasteiger partial charge in [-0.15, -0.1) is 0 Å². The number of hydrogen-bond donors (Lipinski definition) is 3. The van der Waals surface area contributed by atoms with E-state index in [0.717, 1.165) is 42.9 Å². The quantitative estimate of drug-likeness (QED) is 0.568. The number of aromatic amines is 1. The predicted octanol–water partition coefficient (Wildman–Crippen LogP) is 1.63. The molecule has 0 bridgehead atoms. The minimum absolute atomic E-state index is 0. The van der Waals surface area contributed by atoms with Crippen LogP contribution in [0.1, 0.15) is 18.5 Å². The molecule has 1 saturated heterocycles. The van der Waals surface area contributed by atoms with E-state index in [9.17, 15) is 0 Å². The number of anilines is 2. The maximum atomic E-state index is 5.92. The van der Waals surface area contributed by atoms with Gasteiger partial charge in [0.15, 0.2) is 5.82 Å². The summed E-state index contributed by atoms with van der Waals surface area (Å²) in [5.74, 6) is 2.30. The second-order valence-electron chi connectivity index (χ2n) is 6.63. The smallest absolute Gasteiger partial charge is 0.234 e. The third-order valence-electron chi connectivity index (χ3n) is 4.46. The van der Waals surface area contributed by atoms with Crippen LogP contribution in [0.4, 0.5) is 11.6 Å². The summed E-state index contributed by atoms with van der Waals surface area (Å²) in [6.07, 6.45) is 5.51. The number of pyridine rings is 1. The molecule has 0 aromatic carbocycles. The molecule has 1 fully saturated rings. The Hall–Kier alpha value is -3.24. The summed E-state index contributed by atoms with van der Waals surface area (Å²) in [6.45, 7) is 3.78. The Bertz CT molecular complexity index is 941. The van der Waals surface area contributed by atoms with Gasteiger partial charge in [-0.2, -0.15) is 10.1 Å². The lowest BCUT2D eigenvalue weighted by Gasteiger charge is -2.23. The van der Waals surface area contributed by atoms with E-state index in [1.807, 2.05) is 25.1 Å². The highest BCUT2D eigenvalue weighted by atomic mass is 16.5. The summed E-state index contributed by atoms with van der Waals surface area (Å²) >= 11 is 0. The molecule has 10 nitrogen and oxygen atoms in total. The van der Waals surface area contributed by atoms with E-state index in [1.165, 1.54) is 0 Å². The Morgan fingerprint density at radius 2 is 2.10 bits per heavy atom. The molecule has 1 atom stereocenters. The summed E-state index contributed by atoms with van der Waals surface area (Å²) in [5, 5.41) is 13.8. The Labute approximate surface area is 168 Å². The van der Waals surface area contributed by atoms with E-state index in [1.54, 1.807) is 19.5 Å². The van der Waals surface area contributed by atoms with Gasteiger partial charge >= 0.3 is 0 Å². The first-order valence-electron chi connectivity index (χ1n) is 9.25. The van der Waals surface area contributed by atoms with Gasteiger partial charge in [0.2, 0.25) is 11.8 Å². The number of nitrogens with zero attached hydrogens (tertiary/aromatic N) is 4. The van der Waals surface area contributed by atoms with Crippen LogP contribution in [0.15, 0.2) is 30.6 Å². The average Bonchev–Trinajstić information content (AvgIpc) is 3.17. The lowest BCUT2D eigenvalue weighted by Crippen LogP contribution is -2.37. The first kappa shape index (κ1) is 20.5. The van der Waals surface area contributed by atoms with E-state index < -0.39 is 0 Å². The molecule has 4 heterocycles. The number of aromatic nitrogens is 5. The molecular formula is C19H25N7O3. The van der Waals surface area contributed by atoms with Gasteiger partial charge in [-0.05, 0) is 38.4 Å². The van der Waals surface area contributed by atoms with E-state index >= 15 is 0 Å². The van der Waals surface area contributed by atoms with Crippen LogP contribution in [0.2, 0.25) is 0 Å². The number of ether oxygens (including phenoxy) is 2. The second-order valence-corrected chi connectivity index (χ2v) is 6.63. The van der Waals surface area contributed by atoms with E-state index in [2.05, 4.69) is 35.8 Å². The van der Waals surface area contributed by atoms with Crippen LogP contribution in [0.3, 0.4) is 0 Å². The molecule has 0 amide bonds. The molecule has 4 rings (SSSR count). The van der Waals surface area contributed by atoms with Gasteiger partial charge in [-0.25, -0.2) is 4.98 Å². The number of nitrogens with one attached hydrogen (secondary N) is 3. The molecule has 0 spiro atoms. The first-order valence-corrected chi connectivity index (χ1v) is 9.25. The van der Waals surface area contributed by atoms with E-state index in [4.69, 9.17) is 9.47 Å². The summed E-state index contributed by atoms with van der Waals surface area (Å²) in [4.78, 5) is 13.1. The van der Waals surface area contributed by atoms with Gasteiger partial charge in [-0.1, -0.05) is 0 Å². The van der Waals surface area contributed by atoms with E-state index in [0.29, 0.717) is 23.4 Å². The van der Waals surface area contributed by atoms with Crippen molar-refractivity contribution in [3.63, 3.8) is 0 Å². The molecule has 1 aliphatic heterocycles. The molecule has 0 saturated carbocycles. The normalized spacial score (nSPS) is 16.0. The number of piperidine rings is 1. The van der Waals surface area contributed by atoms with Gasteiger partial charge in [0.25, 0.3) is 0 Å². The third kappa shape index (κ3) is 4.98. The van der Waals surface area contributed by atoms with Crippen LogP contribution in [0.25, 0.3) is 11.3 Å². The van der Waals surface area contributed by atoms with Gasteiger partial charge < -0.3 is 25.6 Å². The molecule has 29 heavy (non-hydrogen) atoms. The van der Waals surface area contributed by atoms with E-state index in [-0.39, 0.29) is 11.6 Å². The Morgan fingerprint density at radius 1 is 1.21 bits per heavy atom. The zero-order chi connectivity index (χ0) is 19.3. The Kier molecular flexibility index (Phi) is 6.57. The molecule has 0 unspecified atom stereocenters. The first-order chi connectivity index (χ1) is 13.7. The summed E-state index contributed by atoms with van der Waals surface area (Å²) < 4.78 is 11.3. The largest absolute Gasteiger partial charge is 0.480 e. The minimum Gasteiger partial charge on any atom is -0.480 e. The number of H-pyrrole nitrogens is 1. The number of methoxy groups -OCH3 is 1. The van der Waals surface area contributed by atoms with Crippen molar-refractivity contribution in [1.82, 2.24) is 30.5 Å². The maximum Gasteiger partial charge on any atom is 0.234 e. The van der Waals surface area contributed by atoms with Gasteiger partial charge in [0.05, 0.1) is 30.8 Å². The molecule has 3 aromatic heterocycles. The SMILES string of the molecule is COc1nc(C)ccc1-c1cc(Nc2cncc(O[C@@H]3CCCNC3)n2)[nH]n1.O. The Morgan fingerprint density at radius 3 is 2.90 bits per heavy atom. The Balaban J connectivity index is 0.00000240. The zero-order valence-electron chi connectivity index (χ0n) is 16.4. The number of rotatable bonds is 6. The highest BCUT2D eigenvalue weighted by Crippen LogP contribution is 2.29. The third-order valence-corrected chi connectivity index (χ3v) is 4.46. The van der Waals surface area contributed by atoms with Crippen molar-refractivity contribution >= 4 is 11.6 Å². The summed E-state index contributed by atoms with van der Waals surface area (Å²) in [7, 11) is 1.60. The maximum absolute atomic E-state index is 5.92.